The number of aliphatic carboxylic acids is 1. The maximum Gasteiger partial charge on any atom is 0.311 e. The molecule has 0 atom stereocenters. The molecule has 1 fully saturated rings. The Bertz CT molecular complexity index is 482. The van der Waals surface area contributed by atoms with Crippen LogP contribution >= 0.6 is 0 Å². The second kappa shape index (κ2) is 4.00. The summed E-state index contributed by atoms with van der Waals surface area (Å²) in [5, 5.41) is 19.6. The summed E-state index contributed by atoms with van der Waals surface area (Å²) in [6.45, 7) is 2.26. The number of hydrogen-bond donors (Lipinski definition) is 1. The van der Waals surface area contributed by atoms with Crippen LogP contribution in [0.25, 0.3) is 0 Å². The molecule has 0 aliphatic carbocycles. The van der Waals surface area contributed by atoms with E-state index in [0.29, 0.717) is 5.56 Å². The fraction of sp³-hybridized carbons (Fsp3) is 0.400. The number of nitrogens with zero attached hydrogens (tertiary/aromatic N) is 3. The Hall–Kier alpha value is -2.18. The number of hydrogen-bond acceptors (Lipinski definition) is 5. The van der Waals surface area contributed by atoms with Gasteiger partial charge in [0.1, 0.15) is 0 Å². The average molecular weight is 237 g/mol. The van der Waals surface area contributed by atoms with E-state index in [2.05, 4.69) is 4.98 Å². The summed E-state index contributed by atoms with van der Waals surface area (Å²) in [6.07, 6.45) is 1.54. The molecule has 0 bridgehead atoms. The molecule has 1 aromatic heterocycles. The van der Waals surface area contributed by atoms with Gasteiger partial charge in [0.2, 0.25) is 5.82 Å². The standard InChI is InChI=1S/C10H11N3O4/c1-6-2-8(13(16)17)9(11-3-6)12-4-7(5-12)10(14)15/h2-3,7H,4-5H2,1H3,(H,14,15). The van der Waals surface area contributed by atoms with Crippen LogP contribution in [0, 0.1) is 23.0 Å². The Labute approximate surface area is 96.8 Å². The van der Waals surface area contributed by atoms with Gasteiger partial charge in [-0.25, -0.2) is 4.98 Å². The van der Waals surface area contributed by atoms with Gasteiger partial charge in [-0.3, -0.25) is 14.9 Å². The molecule has 0 spiro atoms. The van der Waals surface area contributed by atoms with Crippen molar-refractivity contribution in [3.05, 3.63) is 27.9 Å². The molecular formula is C10H11N3O4. The quantitative estimate of drug-likeness (QED) is 0.617. The Morgan fingerprint density at radius 3 is 2.82 bits per heavy atom. The van der Waals surface area contributed by atoms with E-state index < -0.39 is 16.8 Å². The molecule has 2 heterocycles. The first-order chi connectivity index (χ1) is 7.99. The van der Waals surface area contributed by atoms with E-state index in [-0.39, 0.29) is 24.6 Å². The summed E-state index contributed by atoms with van der Waals surface area (Å²) < 4.78 is 0. The molecule has 1 aromatic rings. The third kappa shape index (κ3) is 2.03. The van der Waals surface area contributed by atoms with Crippen LogP contribution < -0.4 is 4.90 Å². The Morgan fingerprint density at radius 2 is 2.29 bits per heavy atom. The van der Waals surface area contributed by atoms with Crippen molar-refractivity contribution in [3.8, 4) is 0 Å². The van der Waals surface area contributed by atoms with Crippen molar-refractivity contribution in [2.24, 2.45) is 5.92 Å². The number of rotatable bonds is 3. The van der Waals surface area contributed by atoms with Gasteiger partial charge in [-0.05, 0) is 12.5 Å². The second-order valence-corrected chi connectivity index (χ2v) is 4.05. The van der Waals surface area contributed by atoms with E-state index in [1.165, 1.54) is 12.3 Å². The fourth-order valence-corrected chi connectivity index (χ4v) is 1.73. The van der Waals surface area contributed by atoms with E-state index in [9.17, 15) is 14.9 Å². The molecule has 2 rings (SSSR count). The molecule has 17 heavy (non-hydrogen) atoms. The number of carbonyl (C=O) groups is 1. The van der Waals surface area contributed by atoms with Crippen molar-refractivity contribution in [1.82, 2.24) is 4.98 Å². The van der Waals surface area contributed by atoms with Crippen LogP contribution in [0.1, 0.15) is 5.56 Å². The predicted molar refractivity (Wildman–Crippen MR) is 59.0 cm³/mol. The van der Waals surface area contributed by atoms with Crippen molar-refractivity contribution in [2.45, 2.75) is 6.92 Å². The van der Waals surface area contributed by atoms with Gasteiger partial charge in [-0.15, -0.1) is 0 Å². The molecule has 0 aromatic carbocycles. The minimum Gasteiger partial charge on any atom is -0.481 e. The first-order valence-corrected chi connectivity index (χ1v) is 5.08. The Morgan fingerprint density at radius 1 is 1.65 bits per heavy atom. The van der Waals surface area contributed by atoms with Crippen molar-refractivity contribution in [1.29, 1.82) is 0 Å². The molecule has 90 valence electrons. The summed E-state index contributed by atoms with van der Waals surface area (Å²) in [7, 11) is 0. The van der Waals surface area contributed by atoms with Crippen LogP contribution in [-0.4, -0.2) is 34.1 Å². The second-order valence-electron chi connectivity index (χ2n) is 4.05. The molecule has 1 saturated heterocycles. The highest BCUT2D eigenvalue weighted by molar-refractivity contribution is 5.75. The number of aryl methyl sites for hydroxylation is 1. The van der Waals surface area contributed by atoms with Gasteiger partial charge in [0.15, 0.2) is 0 Å². The molecule has 0 saturated carbocycles. The van der Waals surface area contributed by atoms with E-state index in [4.69, 9.17) is 5.11 Å². The lowest BCUT2D eigenvalue weighted by Gasteiger charge is -2.37. The van der Waals surface area contributed by atoms with E-state index in [1.54, 1.807) is 11.8 Å². The van der Waals surface area contributed by atoms with Crippen molar-refractivity contribution in [2.75, 3.05) is 18.0 Å². The first kappa shape index (κ1) is 11.3. The van der Waals surface area contributed by atoms with Gasteiger partial charge in [0, 0.05) is 25.4 Å². The van der Waals surface area contributed by atoms with Crippen LogP contribution in [0.3, 0.4) is 0 Å². The van der Waals surface area contributed by atoms with Crippen LogP contribution in [0.4, 0.5) is 11.5 Å². The summed E-state index contributed by atoms with van der Waals surface area (Å²) >= 11 is 0. The number of carboxylic acid groups (broad SMARTS) is 1. The molecule has 7 heteroatoms. The monoisotopic (exact) mass is 237 g/mol. The summed E-state index contributed by atoms with van der Waals surface area (Å²) in [6, 6.07) is 1.44. The minimum absolute atomic E-state index is 0.0751. The highest BCUT2D eigenvalue weighted by Gasteiger charge is 2.36. The fourth-order valence-electron chi connectivity index (χ4n) is 1.73. The summed E-state index contributed by atoms with van der Waals surface area (Å²) in [4.78, 5) is 26.6. The molecule has 7 nitrogen and oxygen atoms in total. The zero-order valence-corrected chi connectivity index (χ0v) is 9.16. The number of nitro groups is 1. The first-order valence-electron chi connectivity index (χ1n) is 5.08. The third-order valence-electron chi connectivity index (χ3n) is 2.71. The van der Waals surface area contributed by atoms with E-state index in [1.807, 2.05) is 0 Å². The zero-order valence-electron chi connectivity index (χ0n) is 9.16. The van der Waals surface area contributed by atoms with Gasteiger partial charge in [-0.2, -0.15) is 0 Å². The number of carboxylic acids is 1. The molecule has 1 aliphatic rings. The maximum atomic E-state index is 10.9. The van der Waals surface area contributed by atoms with E-state index in [0.717, 1.165) is 0 Å². The summed E-state index contributed by atoms with van der Waals surface area (Å²) in [5.74, 6) is -1.09. The topological polar surface area (TPSA) is 96.6 Å². The normalized spacial score (nSPS) is 15.5. The van der Waals surface area contributed by atoms with E-state index >= 15 is 0 Å². The molecule has 1 N–H and O–H groups in total. The van der Waals surface area contributed by atoms with Gasteiger partial charge in [0.25, 0.3) is 0 Å². The maximum absolute atomic E-state index is 10.9. The lowest BCUT2D eigenvalue weighted by molar-refractivity contribution is -0.384. The average Bonchev–Trinajstić information content (AvgIpc) is 2.16. The van der Waals surface area contributed by atoms with Gasteiger partial charge in [0.05, 0.1) is 10.8 Å². The Balaban J connectivity index is 2.23. The lowest BCUT2D eigenvalue weighted by Crippen LogP contribution is -2.51. The number of anilines is 1. The molecule has 0 radical (unpaired) electrons. The lowest BCUT2D eigenvalue weighted by atomic mass is 10.0. The van der Waals surface area contributed by atoms with Gasteiger partial charge < -0.3 is 10.0 Å². The Kier molecular flexibility index (Phi) is 2.66. The van der Waals surface area contributed by atoms with Crippen LogP contribution in [0.5, 0.6) is 0 Å². The largest absolute Gasteiger partial charge is 0.481 e. The molecular weight excluding hydrogens is 226 g/mol. The van der Waals surface area contributed by atoms with Crippen molar-refractivity contribution in [3.63, 3.8) is 0 Å². The van der Waals surface area contributed by atoms with Crippen LogP contribution in [0.2, 0.25) is 0 Å². The summed E-state index contributed by atoms with van der Waals surface area (Å²) in [5.41, 5.74) is 0.629. The third-order valence-corrected chi connectivity index (χ3v) is 2.71. The highest BCUT2D eigenvalue weighted by Crippen LogP contribution is 2.31. The molecule has 0 amide bonds. The predicted octanol–water partition coefficient (Wildman–Crippen LogP) is 0.819. The van der Waals surface area contributed by atoms with Crippen LogP contribution in [0.15, 0.2) is 12.3 Å². The SMILES string of the molecule is Cc1cnc(N2CC(C(=O)O)C2)c([N+](=O)[O-])c1. The molecule has 1 aliphatic heterocycles. The van der Waals surface area contributed by atoms with Crippen molar-refractivity contribution < 1.29 is 14.8 Å². The zero-order chi connectivity index (χ0) is 12.6. The van der Waals surface area contributed by atoms with Gasteiger partial charge >= 0.3 is 11.7 Å². The number of aromatic nitrogens is 1. The highest BCUT2D eigenvalue weighted by atomic mass is 16.6. The van der Waals surface area contributed by atoms with Gasteiger partial charge in [-0.1, -0.05) is 0 Å². The number of pyridine rings is 1. The molecule has 0 unspecified atom stereocenters. The van der Waals surface area contributed by atoms with Crippen molar-refractivity contribution >= 4 is 17.5 Å². The minimum atomic E-state index is -0.879. The smallest absolute Gasteiger partial charge is 0.311 e. The van der Waals surface area contributed by atoms with Crippen LogP contribution in [-0.2, 0) is 4.79 Å².